The lowest BCUT2D eigenvalue weighted by atomic mass is 10.1. The lowest BCUT2D eigenvalue weighted by molar-refractivity contribution is 0.0746. The number of carbonyl (C=O) groups is 1. The van der Waals surface area contributed by atoms with Gasteiger partial charge in [-0.2, -0.15) is 0 Å². The van der Waals surface area contributed by atoms with Crippen LogP contribution >= 0.6 is 0 Å². The summed E-state index contributed by atoms with van der Waals surface area (Å²) in [5.74, 6) is 0.665. The van der Waals surface area contributed by atoms with Crippen LogP contribution in [0, 0.1) is 6.92 Å². The van der Waals surface area contributed by atoms with Gasteiger partial charge in [0, 0.05) is 18.5 Å². The summed E-state index contributed by atoms with van der Waals surface area (Å²) in [6, 6.07) is 7.03. The van der Waals surface area contributed by atoms with Crippen LogP contribution in [-0.4, -0.2) is 55.9 Å². The lowest BCUT2D eigenvalue weighted by Crippen LogP contribution is -2.38. The number of hydrogen-bond donors (Lipinski definition) is 0. The van der Waals surface area contributed by atoms with Crippen molar-refractivity contribution in [2.45, 2.75) is 19.4 Å². The Hall–Kier alpha value is -2.15. The monoisotopic (exact) mass is 348 g/mol. The fourth-order valence-corrected chi connectivity index (χ4v) is 4.81. The van der Waals surface area contributed by atoms with Crippen molar-refractivity contribution in [2.24, 2.45) is 0 Å². The fourth-order valence-electron chi connectivity index (χ4n) is 3.03. The van der Waals surface area contributed by atoms with Crippen LogP contribution in [0.3, 0.4) is 0 Å². The van der Waals surface area contributed by atoms with E-state index < -0.39 is 9.84 Å². The number of benzene rings is 1. The van der Waals surface area contributed by atoms with E-state index in [0.717, 1.165) is 10.9 Å². The molecule has 0 radical (unpaired) electrons. The molecule has 128 valence electrons. The molecule has 1 atom stereocenters. The second kappa shape index (κ2) is 6.05. The van der Waals surface area contributed by atoms with Crippen molar-refractivity contribution < 1.29 is 17.9 Å². The highest BCUT2D eigenvalue weighted by atomic mass is 32.2. The first-order valence-corrected chi connectivity index (χ1v) is 9.56. The molecule has 1 fully saturated rings. The van der Waals surface area contributed by atoms with Crippen LogP contribution in [0.25, 0.3) is 10.9 Å². The molecule has 1 aliphatic heterocycles. The van der Waals surface area contributed by atoms with Gasteiger partial charge in [-0.1, -0.05) is 0 Å². The highest BCUT2D eigenvalue weighted by Gasteiger charge is 2.33. The number of aromatic nitrogens is 1. The van der Waals surface area contributed by atoms with Gasteiger partial charge in [0.2, 0.25) is 0 Å². The summed E-state index contributed by atoms with van der Waals surface area (Å²) in [4.78, 5) is 18.8. The number of nitrogens with zero attached hydrogens (tertiary/aromatic N) is 2. The number of methoxy groups -OCH3 is 1. The average Bonchev–Trinajstić information content (AvgIpc) is 2.92. The summed E-state index contributed by atoms with van der Waals surface area (Å²) in [6.45, 7) is 1.79. The first-order valence-electron chi connectivity index (χ1n) is 7.74. The van der Waals surface area contributed by atoms with Crippen LogP contribution in [0.5, 0.6) is 5.75 Å². The Morgan fingerprint density at radius 2 is 2.08 bits per heavy atom. The van der Waals surface area contributed by atoms with E-state index in [9.17, 15) is 13.2 Å². The molecule has 7 heteroatoms. The van der Waals surface area contributed by atoms with Crippen molar-refractivity contribution in [3.8, 4) is 5.75 Å². The van der Waals surface area contributed by atoms with E-state index in [1.165, 1.54) is 4.90 Å². The van der Waals surface area contributed by atoms with E-state index in [1.807, 2.05) is 18.2 Å². The van der Waals surface area contributed by atoms with Crippen LogP contribution in [0.4, 0.5) is 0 Å². The average molecular weight is 348 g/mol. The van der Waals surface area contributed by atoms with Crippen molar-refractivity contribution in [2.75, 3.05) is 25.7 Å². The highest BCUT2D eigenvalue weighted by Crippen LogP contribution is 2.24. The molecule has 0 unspecified atom stereocenters. The number of ether oxygens (including phenoxy) is 1. The van der Waals surface area contributed by atoms with Crippen LogP contribution in [0.15, 0.2) is 24.3 Å². The molecular weight excluding hydrogens is 328 g/mol. The van der Waals surface area contributed by atoms with E-state index in [2.05, 4.69) is 4.98 Å². The molecule has 1 saturated heterocycles. The number of amides is 1. The molecule has 1 aliphatic rings. The van der Waals surface area contributed by atoms with Crippen LogP contribution in [0.1, 0.15) is 22.5 Å². The maximum Gasteiger partial charge on any atom is 0.255 e. The second-order valence-corrected chi connectivity index (χ2v) is 8.38. The molecule has 3 rings (SSSR count). The number of fused-ring (bicyclic) bond motifs is 1. The summed E-state index contributed by atoms with van der Waals surface area (Å²) in [6.07, 6.45) is 0.485. The van der Waals surface area contributed by atoms with Gasteiger partial charge in [-0.25, -0.2) is 8.42 Å². The molecule has 0 saturated carbocycles. The Morgan fingerprint density at radius 1 is 1.33 bits per heavy atom. The number of aryl methyl sites for hydroxylation is 1. The number of rotatable bonds is 3. The first kappa shape index (κ1) is 16.7. The zero-order chi connectivity index (χ0) is 17.5. The van der Waals surface area contributed by atoms with E-state index >= 15 is 0 Å². The van der Waals surface area contributed by atoms with Crippen molar-refractivity contribution in [1.82, 2.24) is 9.88 Å². The number of sulfone groups is 1. The molecule has 0 spiro atoms. The van der Waals surface area contributed by atoms with E-state index in [1.54, 1.807) is 27.1 Å². The number of carbonyl (C=O) groups excluding carboxylic acids is 1. The molecule has 2 heterocycles. The Labute approximate surface area is 141 Å². The predicted octanol–water partition coefficient (Wildman–Crippen LogP) is 1.81. The summed E-state index contributed by atoms with van der Waals surface area (Å²) in [5, 5.41) is 0.816. The molecule has 0 bridgehead atoms. The second-order valence-electron chi connectivity index (χ2n) is 6.15. The Morgan fingerprint density at radius 3 is 2.71 bits per heavy atom. The quantitative estimate of drug-likeness (QED) is 0.845. The maximum absolute atomic E-state index is 12.8. The topological polar surface area (TPSA) is 76.6 Å². The van der Waals surface area contributed by atoms with E-state index in [-0.39, 0.29) is 23.5 Å². The van der Waals surface area contributed by atoms with Crippen molar-refractivity contribution in [3.63, 3.8) is 0 Å². The molecule has 1 aromatic heterocycles. The Balaban J connectivity index is 1.95. The van der Waals surface area contributed by atoms with Gasteiger partial charge in [-0.15, -0.1) is 0 Å². The zero-order valence-electron chi connectivity index (χ0n) is 13.9. The van der Waals surface area contributed by atoms with Gasteiger partial charge in [0.15, 0.2) is 9.84 Å². The summed E-state index contributed by atoms with van der Waals surface area (Å²) >= 11 is 0. The van der Waals surface area contributed by atoms with Gasteiger partial charge < -0.3 is 9.64 Å². The van der Waals surface area contributed by atoms with Gasteiger partial charge in [-0.3, -0.25) is 9.78 Å². The van der Waals surface area contributed by atoms with Gasteiger partial charge in [0.25, 0.3) is 5.91 Å². The van der Waals surface area contributed by atoms with Gasteiger partial charge in [-0.05, 0) is 37.6 Å². The van der Waals surface area contributed by atoms with Gasteiger partial charge >= 0.3 is 0 Å². The van der Waals surface area contributed by atoms with Crippen LogP contribution in [0.2, 0.25) is 0 Å². The van der Waals surface area contributed by atoms with Crippen molar-refractivity contribution >= 4 is 26.6 Å². The standard InChI is InChI=1S/C17H20N2O4S/c1-11-15(9-12-8-14(23-3)4-5-16(12)18-11)17(20)19(2)13-6-7-24(21,22)10-13/h4-5,8-9,13H,6-7,10H2,1-3H3/t13-/m1/s1. The number of pyridine rings is 1. The minimum atomic E-state index is -3.04. The van der Waals surface area contributed by atoms with Gasteiger partial charge in [0.1, 0.15) is 5.75 Å². The predicted molar refractivity (Wildman–Crippen MR) is 92.2 cm³/mol. The van der Waals surface area contributed by atoms with Crippen molar-refractivity contribution in [3.05, 3.63) is 35.5 Å². The SMILES string of the molecule is COc1ccc2nc(C)c(C(=O)N(C)[C@@H]3CCS(=O)(=O)C3)cc2c1. The fraction of sp³-hybridized carbons (Fsp3) is 0.412. The number of hydrogen-bond acceptors (Lipinski definition) is 5. The largest absolute Gasteiger partial charge is 0.497 e. The highest BCUT2D eigenvalue weighted by molar-refractivity contribution is 7.91. The zero-order valence-corrected chi connectivity index (χ0v) is 14.8. The summed E-state index contributed by atoms with van der Waals surface area (Å²) < 4.78 is 28.5. The normalized spacial score (nSPS) is 19.4. The van der Waals surface area contributed by atoms with E-state index in [0.29, 0.717) is 23.4 Å². The third kappa shape index (κ3) is 3.08. The minimum Gasteiger partial charge on any atom is -0.497 e. The Bertz CT molecular complexity index is 908. The summed E-state index contributed by atoms with van der Waals surface area (Å²) in [7, 11) is 0.206. The smallest absolute Gasteiger partial charge is 0.255 e. The first-order chi connectivity index (χ1) is 11.3. The maximum atomic E-state index is 12.8. The van der Waals surface area contributed by atoms with Crippen molar-refractivity contribution in [1.29, 1.82) is 0 Å². The molecule has 1 aromatic carbocycles. The third-order valence-electron chi connectivity index (χ3n) is 4.52. The molecule has 0 N–H and O–H groups in total. The van der Waals surface area contributed by atoms with Crippen LogP contribution in [-0.2, 0) is 9.84 Å². The molecule has 1 amide bonds. The summed E-state index contributed by atoms with van der Waals surface area (Å²) in [5.41, 5.74) is 1.91. The van der Waals surface area contributed by atoms with Gasteiger partial charge in [0.05, 0.1) is 35.4 Å². The lowest BCUT2D eigenvalue weighted by Gasteiger charge is -2.24. The molecular formula is C17H20N2O4S. The van der Waals surface area contributed by atoms with Crippen LogP contribution < -0.4 is 4.74 Å². The molecule has 6 nitrogen and oxygen atoms in total. The molecule has 24 heavy (non-hydrogen) atoms. The molecule has 2 aromatic rings. The third-order valence-corrected chi connectivity index (χ3v) is 6.27. The van der Waals surface area contributed by atoms with E-state index in [4.69, 9.17) is 4.74 Å². The molecule has 0 aliphatic carbocycles. The Kier molecular flexibility index (Phi) is 4.21. The minimum absolute atomic E-state index is 0.0309.